The van der Waals surface area contributed by atoms with Gasteiger partial charge in [0.15, 0.2) is 4.08 Å². The van der Waals surface area contributed by atoms with Crippen molar-refractivity contribution in [3.05, 3.63) is 29.8 Å². The van der Waals surface area contributed by atoms with E-state index < -0.39 is 26.1 Å². The Bertz CT molecular complexity index is 710. The lowest BCUT2D eigenvalue weighted by molar-refractivity contribution is -0.137. The molecule has 8 heteroatoms. The number of aryl methyl sites for hydroxylation is 1. The molecule has 1 fully saturated rings. The molecule has 1 atom stereocenters. The van der Waals surface area contributed by atoms with E-state index in [9.17, 15) is 18.3 Å². The topological polar surface area (TPSA) is 83.5 Å². The van der Waals surface area contributed by atoms with Crippen molar-refractivity contribution < 1.29 is 18.3 Å². The number of hydrogen-bond donors (Lipinski definition) is 2. The zero-order valence-corrected chi connectivity index (χ0v) is 17.8. The van der Waals surface area contributed by atoms with Crippen LogP contribution in [0.3, 0.4) is 0 Å². The van der Waals surface area contributed by atoms with Gasteiger partial charge in [-0.25, -0.2) is 17.9 Å². The van der Waals surface area contributed by atoms with Gasteiger partial charge in [0.05, 0.1) is 4.90 Å². The molecule has 1 aliphatic rings. The molecule has 1 aromatic carbocycles. The van der Waals surface area contributed by atoms with E-state index in [-0.39, 0.29) is 17.2 Å². The molecule has 2 N–H and O–H groups in total. The third-order valence-electron chi connectivity index (χ3n) is 4.21. The molecule has 1 aliphatic heterocycles. The quantitative estimate of drug-likeness (QED) is 0.671. The van der Waals surface area contributed by atoms with Gasteiger partial charge in [-0.1, -0.05) is 31.5 Å². The second kappa shape index (κ2) is 8.99. The van der Waals surface area contributed by atoms with Crippen LogP contribution in [0.1, 0.15) is 38.7 Å². The van der Waals surface area contributed by atoms with Crippen LogP contribution in [0.5, 0.6) is 0 Å². The lowest BCUT2D eigenvalue weighted by Gasteiger charge is -2.35. The SMILES string of the molecule is Cc1ccc(S(=O)(=O)N[C@@H](CC(C)C)CC2(C(=O)O)SCCCS2)cc1. The molecule has 0 aliphatic carbocycles. The number of carbonyl (C=O) groups is 1. The maximum absolute atomic E-state index is 12.8. The number of hydrogen-bond acceptors (Lipinski definition) is 5. The van der Waals surface area contributed by atoms with Crippen molar-refractivity contribution in [3.63, 3.8) is 0 Å². The fraction of sp³-hybridized carbons (Fsp3) is 0.611. The number of aliphatic carboxylic acids is 1. The van der Waals surface area contributed by atoms with Gasteiger partial charge in [-0.05, 0) is 55.7 Å². The van der Waals surface area contributed by atoms with Gasteiger partial charge >= 0.3 is 5.97 Å². The van der Waals surface area contributed by atoms with Crippen LogP contribution in [-0.2, 0) is 14.8 Å². The van der Waals surface area contributed by atoms with Gasteiger partial charge in [-0.15, -0.1) is 23.5 Å². The van der Waals surface area contributed by atoms with Crippen LogP contribution in [0.4, 0.5) is 0 Å². The second-order valence-electron chi connectivity index (χ2n) is 7.07. The highest BCUT2D eigenvalue weighted by atomic mass is 32.2. The minimum absolute atomic E-state index is 0.213. The van der Waals surface area contributed by atoms with E-state index in [1.165, 1.54) is 23.5 Å². The van der Waals surface area contributed by atoms with Crippen molar-refractivity contribution in [2.45, 2.75) is 55.1 Å². The van der Waals surface area contributed by atoms with Crippen molar-refractivity contribution in [2.75, 3.05) is 11.5 Å². The molecule has 0 unspecified atom stereocenters. The van der Waals surface area contributed by atoms with Crippen molar-refractivity contribution in [1.29, 1.82) is 0 Å². The number of carboxylic acid groups (broad SMARTS) is 1. The van der Waals surface area contributed by atoms with Crippen LogP contribution in [0.25, 0.3) is 0 Å². The van der Waals surface area contributed by atoms with E-state index in [1.807, 2.05) is 20.8 Å². The van der Waals surface area contributed by atoms with E-state index in [0.29, 0.717) is 6.42 Å². The molecule has 0 aromatic heterocycles. The fourth-order valence-electron chi connectivity index (χ4n) is 2.97. The van der Waals surface area contributed by atoms with Crippen molar-refractivity contribution in [1.82, 2.24) is 4.72 Å². The molecular weight excluding hydrogens is 390 g/mol. The summed E-state index contributed by atoms with van der Waals surface area (Å²) in [5, 5.41) is 9.80. The Morgan fingerprint density at radius 2 is 1.81 bits per heavy atom. The monoisotopic (exact) mass is 417 g/mol. The second-order valence-corrected chi connectivity index (χ2v) is 11.8. The largest absolute Gasteiger partial charge is 0.480 e. The first-order valence-corrected chi connectivity index (χ1v) is 12.2. The van der Waals surface area contributed by atoms with E-state index in [0.717, 1.165) is 23.5 Å². The Hall–Kier alpha value is -0.700. The molecular formula is C18H27NO4S3. The van der Waals surface area contributed by atoms with Crippen molar-refractivity contribution in [3.8, 4) is 0 Å². The fourth-order valence-corrected chi connectivity index (χ4v) is 7.36. The molecule has 1 heterocycles. The minimum Gasteiger partial charge on any atom is -0.480 e. The lowest BCUT2D eigenvalue weighted by atomic mass is 10.0. The number of carboxylic acids is 1. The summed E-state index contributed by atoms with van der Waals surface area (Å²) in [6.45, 7) is 5.93. The van der Waals surface area contributed by atoms with E-state index in [1.54, 1.807) is 24.3 Å². The van der Waals surface area contributed by atoms with Crippen LogP contribution >= 0.6 is 23.5 Å². The first-order chi connectivity index (χ1) is 12.1. The van der Waals surface area contributed by atoms with E-state index in [2.05, 4.69) is 4.72 Å². The zero-order chi connectivity index (χ0) is 19.4. The number of sulfonamides is 1. The lowest BCUT2D eigenvalue weighted by Crippen LogP contribution is -2.45. The summed E-state index contributed by atoms with van der Waals surface area (Å²) in [7, 11) is -3.69. The van der Waals surface area contributed by atoms with Gasteiger partial charge in [0, 0.05) is 6.04 Å². The summed E-state index contributed by atoms with van der Waals surface area (Å²) < 4.78 is 27.3. The molecule has 0 amide bonds. The number of nitrogens with one attached hydrogen (secondary N) is 1. The van der Waals surface area contributed by atoms with Gasteiger partial charge in [0.2, 0.25) is 10.0 Å². The molecule has 0 radical (unpaired) electrons. The third-order valence-corrected chi connectivity index (χ3v) is 9.05. The minimum atomic E-state index is -3.69. The molecule has 0 saturated carbocycles. The van der Waals surface area contributed by atoms with Gasteiger partial charge in [0.25, 0.3) is 0 Å². The van der Waals surface area contributed by atoms with Crippen LogP contribution < -0.4 is 4.72 Å². The highest BCUT2D eigenvalue weighted by Gasteiger charge is 2.44. The molecule has 146 valence electrons. The van der Waals surface area contributed by atoms with E-state index >= 15 is 0 Å². The van der Waals surface area contributed by atoms with Gasteiger partial charge in [-0.2, -0.15) is 0 Å². The summed E-state index contributed by atoms with van der Waals surface area (Å²) in [4.78, 5) is 12.2. The first-order valence-electron chi connectivity index (χ1n) is 8.75. The summed E-state index contributed by atoms with van der Waals surface area (Å²) in [6.07, 6.45) is 1.86. The van der Waals surface area contributed by atoms with Gasteiger partial charge < -0.3 is 5.11 Å². The highest BCUT2D eigenvalue weighted by molar-refractivity contribution is 8.19. The maximum atomic E-state index is 12.8. The predicted octanol–water partition coefficient (Wildman–Crippen LogP) is 3.73. The van der Waals surface area contributed by atoms with Crippen molar-refractivity contribution in [2.24, 2.45) is 5.92 Å². The Balaban J connectivity index is 2.23. The van der Waals surface area contributed by atoms with Crippen LogP contribution in [0.15, 0.2) is 29.2 Å². The molecule has 0 bridgehead atoms. The zero-order valence-electron chi connectivity index (χ0n) is 15.4. The van der Waals surface area contributed by atoms with Gasteiger partial charge in [-0.3, -0.25) is 0 Å². The first kappa shape index (κ1) is 21.6. The number of benzene rings is 1. The number of thioether (sulfide) groups is 2. The molecule has 26 heavy (non-hydrogen) atoms. The Kier molecular flexibility index (Phi) is 7.47. The molecule has 0 spiro atoms. The highest BCUT2D eigenvalue weighted by Crippen LogP contribution is 2.46. The standard InChI is InChI=1S/C18H27NO4S3/c1-13(2)11-15(12-18(17(20)21)24-9-4-10-25-18)19-26(22,23)16-7-5-14(3)6-8-16/h5-8,13,15,19H,4,9-12H2,1-3H3,(H,20,21)/t15-/m0/s1. The summed E-state index contributed by atoms with van der Waals surface area (Å²) >= 11 is 2.85. The van der Waals surface area contributed by atoms with Gasteiger partial charge in [0.1, 0.15) is 0 Å². The predicted molar refractivity (Wildman–Crippen MR) is 109 cm³/mol. The molecule has 1 saturated heterocycles. The molecule has 2 rings (SSSR count). The summed E-state index contributed by atoms with van der Waals surface area (Å²) in [5.74, 6) is 0.970. The van der Waals surface area contributed by atoms with E-state index in [4.69, 9.17) is 0 Å². The van der Waals surface area contributed by atoms with Crippen LogP contribution in [-0.4, -0.2) is 41.1 Å². The molecule has 5 nitrogen and oxygen atoms in total. The smallest absolute Gasteiger partial charge is 0.330 e. The average Bonchev–Trinajstić information content (AvgIpc) is 2.55. The maximum Gasteiger partial charge on any atom is 0.330 e. The summed E-state index contributed by atoms with van der Waals surface area (Å²) in [5.41, 5.74) is 0.988. The Morgan fingerprint density at radius 1 is 1.23 bits per heavy atom. The van der Waals surface area contributed by atoms with Crippen LogP contribution in [0.2, 0.25) is 0 Å². The average molecular weight is 418 g/mol. The normalized spacial score (nSPS) is 18.6. The van der Waals surface area contributed by atoms with Crippen molar-refractivity contribution >= 4 is 39.5 Å². The Labute approximate surface area is 164 Å². The summed E-state index contributed by atoms with van der Waals surface area (Å²) in [6, 6.07) is 6.27. The Morgan fingerprint density at radius 3 is 2.31 bits per heavy atom. The van der Waals surface area contributed by atoms with Crippen LogP contribution in [0, 0.1) is 12.8 Å². The third kappa shape index (κ3) is 5.65. The molecule has 1 aromatic rings. The number of rotatable bonds is 8.